The third kappa shape index (κ3) is 3.41. The fourth-order valence-corrected chi connectivity index (χ4v) is 3.89. The number of sulfone groups is 1. The molecule has 0 aliphatic heterocycles. The molecule has 2 aromatic carbocycles. The highest BCUT2D eigenvalue weighted by atomic mass is 35.5. The van der Waals surface area contributed by atoms with Crippen LogP contribution in [-0.2, 0) is 9.84 Å². The van der Waals surface area contributed by atoms with Crippen LogP contribution in [0.4, 0.5) is 5.88 Å². The number of benzene rings is 2. The van der Waals surface area contributed by atoms with Crippen LogP contribution in [0.25, 0.3) is 11.5 Å². The monoisotopic (exact) mass is 376 g/mol. The Hall–Kier alpha value is -2.31. The number of anilines is 1. The molecule has 1 aromatic heterocycles. The highest BCUT2D eigenvalue weighted by Crippen LogP contribution is 2.34. The molecule has 0 N–H and O–H groups in total. The first-order valence-corrected chi connectivity index (χ1v) is 9.41. The van der Waals surface area contributed by atoms with Crippen LogP contribution < -0.4 is 4.90 Å². The maximum atomic E-state index is 13.0. The SMILES string of the molecule is Cc1ccc(S(=O)(=O)c2nc(-c3cccc(Cl)c3)oc2N(C)C)cc1. The molecule has 130 valence electrons. The summed E-state index contributed by atoms with van der Waals surface area (Å²) in [6, 6.07) is 13.6. The van der Waals surface area contributed by atoms with Crippen molar-refractivity contribution in [1.82, 2.24) is 4.98 Å². The van der Waals surface area contributed by atoms with Crippen LogP contribution in [0, 0.1) is 6.92 Å². The average molecular weight is 377 g/mol. The van der Waals surface area contributed by atoms with Gasteiger partial charge in [0.2, 0.25) is 26.6 Å². The predicted molar refractivity (Wildman–Crippen MR) is 97.9 cm³/mol. The predicted octanol–water partition coefficient (Wildman–Crippen LogP) is 4.20. The molecular weight excluding hydrogens is 360 g/mol. The average Bonchev–Trinajstić information content (AvgIpc) is 3.02. The van der Waals surface area contributed by atoms with Crippen molar-refractivity contribution in [2.45, 2.75) is 16.8 Å². The van der Waals surface area contributed by atoms with Crippen molar-refractivity contribution in [2.75, 3.05) is 19.0 Å². The Bertz CT molecular complexity index is 1010. The summed E-state index contributed by atoms with van der Waals surface area (Å²) in [6.45, 7) is 1.90. The van der Waals surface area contributed by atoms with E-state index >= 15 is 0 Å². The van der Waals surface area contributed by atoms with E-state index in [1.807, 2.05) is 6.92 Å². The molecule has 0 radical (unpaired) electrons. The van der Waals surface area contributed by atoms with E-state index in [0.29, 0.717) is 10.6 Å². The number of rotatable bonds is 4. The first kappa shape index (κ1) is 17.5. The van der Waals surface area contributed by atoms with Gasteiger partial charge in [0, 0.05) is 24.7 Å². The van der Waals surface area contributed by atoms with Gasteiger partial charge in [-0.25, -0.2) is 8.42 Å². The van der Waals surface area contributed by atoms with Gasteiger partial charge in [0.1, 0.15) is 0 Å². The Morgan fingerprint density at radius 1 is 1.08 bits per heavy atom. The summed E-state index contributed by atoms with van der Waals surface area (Å²) >= 11 is 6.01. The number of oxazole rings is 1. The zero-order valence-corrected chi connectivity index (χ0v) is 15.6. The topological polar surface area (TPSA) is 63.4 Å². The van der Waals surface area contributed by atoms with E-state index in [2.05, 4.69) is 4.98 Å². The highest BCUT2D eigenvalue weighted by Gasteiger charge is 2.29. The zero-order valence-electron chi connectivity index (χ0n) is 14.0. The molecule has 1 heterocycles. The van der Waals surface area contributed by atoms with Gasteiger partial charge in [0.25, 0.3) is 0 Å². The maximum absolute atomic E-state index is 13.0. The number of hydrogen-bond donors (Lipinski definition) is 0. The molecule has 3 rings (SSSR count). The van der Waals surface area contributed by atoms with Gasteiger partial charge in [-0.3, -0.25) is 0 Å². The molecule has 0 amide bonds. The minimum atomic E-state index is -3.81. The molecule has 0 atom stereocenters. The maximum Gasteiger partial charge on any atom is 0.235 e. The molecule has 0 aliphatic rings. The van der Waals surface area contributed by atoms with Crippen molar-refractivity contribution in [2.24, 2.45) is 0 Å². The lowest BCUT2D eigenvalue weighted by molar-refractivity contribution is 0.564. The van der Waals surface area contributed by atoms with Crippen LogP contribution in [0.15, 0.2) is 62.9 Å². The number of aromatic nitrogens is 1. The van der Waals surface area contributed by atoms with Crippen molar-refractivity contribution in [3.05, 3.63) is 59.1 Å². The summed E-state index contributed by atoms with van der Waals surface area (Å²) < 4.78 is 31.7. The Morgan fingerprint density at radius 2 is 1.76 bits per heavy atom. The number of halogens is 1. The third-order valence-electron chi connectivity index (χ3n) is 3.64. The molecule has 0 fully saturated rings. The summed E-state index contributed by atoms with van der Waals surface area (Å²) in [4.78, 5) is 6.02. The van der Waals surface area contributed by atoms with Gasteiger partial charge >= 0.3 is 0 Å². The summed E-state index contributed by atoms with van der Waals surface area (Å²) in [5.41, 5.74) is 1.59. The fraction of sp³-hybridized carbons (Fsp3) is 0.167. The second-order valence-electron chi connectivity index (χ2n) is 5.85. The van der Waals surface area contributed by atoms with Crippen molar-refractivity contribution >= 4 is 27.3 Å². The molecule has 0 saturated heterocycles. The Labute approximate surface area is 151 Å². The fourth-order valence-electron chi connectivity index (χ4n) is 2.33. The lowest BCUT2D eigenvalue weighted by Gasteiger charge is -2.10. The second-order valence-corrected chi connectivity index (χ2v) is 8.15. The third-order valence-corrected chi connectivity index (χ3v) is 5.55. The summed E-state index contributed by atoms with van der Waals surface area (Å²) in [5.74, 6) is 0.382. The molecular formula is C18H17ClN2O3S. The van der Waals surface area contributed by atoms with Crippen LogP contribution in [0.2, 0.25) is 5.02 Å². The van der Waals surface area contributed by atoms with Gasteiger partial charge in [-0.2, -0.15) is 4.98 Å². The van der Waals surface area contributed by atoms with E-state index in [-0.39, 0.29) is 21.7 Å². The van der Waals surface area contributed by atoms with E-state index in [1.54, 1.807) is 67.5 Å². The largest absolute Gasteiger partial charge is 0.419 e. The minimum Gasteiger partial charge on any atom is -0.419 e. The Morgan fingerprint density at radius 3 is 2.36 bits per heavy atom. The molecule has 3 aromatic rings. The first-order chi connectivity index (χ1) is 11.8. The molecule has 0 spiro atoms. The van der Waals surface area contributed by atoms with Gasteiger partial charge < -0.3 is 9.32 Å². The normalized spacial score (nSPS) is 11.5. The van der Waals surface area contributed by atoms with Crippen molar-refractivity contribution < 1.29 is 12.8 Å². The van der Waals surface area contributed by atoms with Crippen LogP contribution in [0.1, 0.15) is 5.56 Å². The first-order valence-electron chi connectivity index (χ1n) is 7.55. The molecule has 0 unspecified atom stereocenters. The highest BCUT2D eigenvalue weighted by molar-refractivity contribution is 7.91. The number of hydrogen-bond acceptors (Lipinski definition) is 5. The molecule has 5 nitrogen and oxygen atoms in total. The lowest BCUT2D eigenvalue weighted by atomic mass is 10.2. The number of nitrogens with zero attached hydrogens (tertiary/aromatic N) is 2. The van der Waals surface area contributed by atoms with E-state index in [1.165, 1.54) is 0 Å². The van der Waals surface area contributed by atoms with E-state index in [4.69, 9.17) is 16.0 Å². The molecule has 0 saturated carbocycles. The van der Waals surface area contributed by atoms with E-state index in [9.17, 15) is 8.42 Å². The lowest BCUT2D eigenvalue weighted by Crippen LogP contribution is -2.13. The summed E-state index contributed by atoms with van der Waals surface area (Å²) in [7, 11) is -0.399. The van der Waals surface area contributed by atoms with Gasteiger partial charge in [0.05, 0.1) is 4.90 Å². The molecule has 7 heteroatoms. The standard InChI is InChI=1S/C18H17ClN2O3S/c1-12-7-9-15(10-8-12)25(22,23)17-18(21(2)3)24-16(20-17)13-5-4-6-14(19)11-13/h4-11H,1-3H3. The van der Waals surface area contributed by atoms with Crippen molar-refractivity contribution in [3.8, 4) is 11.5 Å². The zero-order chi connectivity index (χ0) is 18.2. The molecule has 0 bridgehead atoms. The van der Waals surface area contributed by atoms with Crippen LogP contribution in [-0.4, -0.2) is 27.5 Å². The van der Waals surface area contributed by atoms with Crippen LogP contribution in [0.3, 0.4) is 0 Å². The molecule has 25 heavy (non-hydrogen) atoms. The van der Waals surface area contributed by atoms with Gasteiger partial charge in [-0.15, -0.1) is 0 Å². The van der Waals surface area contributed by atoms with Gasteiger partial charge in [-0.1, -0.05) is 35.4 Å². The Kier molecular flexibility index (Phi) is 4.58. The van der Waals surface area contributed by atoms with Crippen molar-refractivity contribution in [1.29, 1.82) is 0 Å². The summed E-state index contributed by atoms with van der Waals surface area (Å²) in [6.07, 6.45) is 0. The molecule has 0 aliphatic carbocycles. The van der Waals surface area contributed by atoms with E-state index < -0.39 is 9.84 Å². The van der Waals surface area contributed by atoms with Crippen LogP contribution >= 0.6 is 11.6 Å². The van der Waals surface area contributed by atoms with Crippen molar-refractivity contribution in [3.63, 3.8) is 0 Å². The van der Waals surface area contributed by atoms with Gasteiger partial charge in [-0.05, 0) is 37.3 Å². The summed E-state index contributed by atoms with van der Waals surface area (Å²) in [5, 5.41) is 0.404. The van der Waals surface area contributed by atoms with Gasteiger partial charge in [0.15, 0.2) is 0 Å². The Balaban J connectivity index is 2.16. The van der Waals surface area contributed by atoms with Crippen LogP contribution in [0.5, 0.6) is 0 Å². The number of aryl methyl sites for hydroxylation is 1. The van der Waals surface area contributed by atoms with E-state index in [0.717, 1.165) is 5.56 Å². The smallest absolute Gasteiger partial charge is 0.235 e. The minimum absolute atomic E-state index is 0.115. The second kappa shape index (κ2) is 6.54. The quantitative estimate of drug-likeness (QED) is 0.682.